The van der Waals surface area contributed by atoms with Gasteiger partial charge in [0.2, 0.25) is 0 Å². The molecule has 0 heterocycles. The van der Waals surface area contributed by atoms with E-state index in [1.807, 2.05) is 73.0 Å². The number of thioether (sulfide) groups is 1. The Morgan fingerprint density at radius 2 is 1.70 bits per heavy atom. The van der Waals surface area contributed by atoms with Crippen LogP contribution in [-0.4, -0.2) is 18.4 Å². The van der Waals surface area contributed by atoms with Crippen LogP contribution >= 0.6 is 11.8 Å². The number of hydrogen-bond acceptors (Lipinski definition) is 4. The number of hydrogen-bond donors (Lipinski definition) is 1. The molecule has 0 spiro atoms. The molecule has 0 unspecified atom stereocenters. The van der Waals surface area contributed by atoms with Gasteiger partial charge in [-0.2, -0.15) is 5.10 Å². The molecule has 0 aromatic heterocycles. The van der Waals surface area contributed by atoms with Crippen molar-refractivity contribution < 1.29 is 9.53 Å². The van der Waals surface area contributed by atoms with Crippen LogP contribution in [0.15, 0.2) is 88.9 Å². The van der Waals surface area contributed by atoms with Crippen LogP contribution in [0.5, 0.6) is 5.75 Å². The molecular formula is C22H20N2O2S. The number of carbonyl (C=O) groups is 1. The number of amides is 1. The Kier molecular flexibility index (Phi) is 6.66. The average molecular weight is 376 g/mol. The van der Waals surface area contributed by atoms with Crippen molar-refractivity contribution in [2.24, 2.45) is 5.10 Å². The molecule has 3 aromatic carbocycles. The topological polar surface area (TPSA) is 50.7 Å². The summed E-state index contributed by atoms with van der Waals surface area (Å²) in [7, 11) is 0. The molecule has 5 heteroatoms. The quantitative estimate of drug-likeness (QED) is 0.368. The van der Waals surface area contributed by atoms with Gasteiger partial charge in [-0.25, -0.2) is 5.43 Å². The molecule has 0 bridgehead atoms. The van der Waals surface area contributed by atoms with E-state index < -0.39 is 0 Å². The van der Waals surface area contributed by atoms with Gasteiger partial charge in [0.15, 0.2) is 0 Å². The van der Waals surface area contributed by atoms with Crippen molar-refractivity contribution >= 4 is 23.9 Å². The summed E-state index contributed by atoms with van der Waals surface area (Å²) in [5, 5.41) is 4.02. The zero-order valence-electron chi connectivity index (χ0n) is 15.0. The van der Waals surface area contributed by atoms with Gasteiger partial charge in [0, 0.05) is 10.5 Å². The van der Waals surface area contributed by atoms with E-state index in [-0.39, 0.29) is 5.91 Å². The number of para-hydroxylation sites is 1. The van der Waals surface area contributed by atoms with Gasteiger partial charge >= 0.3 is 0 Å². The normalized spacial score (nSPS) is 10.7. The molecule has 0 fully saturated rings. The van der Waals surface area contributed by atoms with Gasteiger partial charge < -0.3 is 4.74 Å². The summed E-state index contributed by atoms with van der Waals surface area (Å²) in [4.78, 5) is 13.4. The number of rotatable bonds is 7. The number of hydrazone groups is 1. The van der Waals surface area contributed by atoms with Gasteiger partial charge in [-0.15, -0.1) is 11.8 Å². The lowest BCUT2D eigenvalue weighted by Crippen LogP contribution is -2.17. The Labute approximate surface area is 163 Å². The molecule has 3 aromatic rings. The summed E-state index contributed by atoms with van der Waals surface area (Å²) in [6.07, 6.45) is 3.66. The Balaban J connectivity index is 1.51. The first-order valence-corrected chi connectivity index (χ1v) is 9.71. The Bertz CT molecular complexity index is 892. The summed E-state index contributed by atoms with van der Waals surface area (Å²) in [6.45, 7) is 0.454. The van der Waals surface area contributed by atoms with Gasteiger partial charge in [-0.3, -0.25) is 4.79 Å². The van der Waals surface area contributed by atoms with Crippen LogP contribution in [0, 0.1) is 0 Å². The van der Waals surface area contributed by atoms with Crippen molar-refractivity contribution in [2.75, 3.05) is 6.26 Å². The SMILES string of the molecule is CSc1ccc(/C=N\NC(=O)c2ccc(COc3ccccc3)cc2)cc1. The van der Waals surface area contributed by atoms with Gasteiger partial charge in [0.25, 0.3) is 5.91 Å². The maximum atomic E-state index is 12.2. The Morgan fingerprint density at radius 3 is 2.37 bits per heavy atom. The second-order valence-corrected chi connectivity index (χ2v) is 6.65. The zero-order valence-corrected chi connectivity index (χ0v) is 15.8. The minimum atomic E-state index is -0.248. The van der Waals surface area contributed by atoms with Gasteiger partial charge in [-0.05, 0) is 53.8 Å². The number of nitrogens with one attached hydrogen (secondary N) is 1. The molecular weight excluding hydrogens is 356 g/mol. The van der Waals surface area contributed by atoms with Gasteiger partial charge in [0.1, 0.15) is 12.4 Å². The minimum absolute atomic E-state index is 0.248. The highest BCUT2D eigenvalue weighted by Crippen LogP contribution is 2.14. The average Bonchev–Trinajstić information content (AvgIpc) is 2.74. The highest BCUT2D eigenvalue weighted by molar-refractivity contribution is 7.98. The predicted molar refractivity (Wildman–Crippen MR) is 110 cm³/mol. The largest absolute Gasteiger partial charge is 0.489 e. The third-order valence-corrected chi connectivity index (χ3v) is 4.60. The zero-order chi connectivity index (χ0) is 18.9. The first-order chi connectivity index (χ1) is 13.2. The predicted octanol–water partition coefficient (Wildman–Crippen LogP) is 4.75. The van der Waals surface area contributed by atoms with E-state index in [1.54, 1.807) is 30.1 Å². The molecule has 0 atom stereocenters. The number of nitrogens with zero attached hydrogens (tertiary/aromatic N) is 1. The van der Waals surface area contributed by atoms with Crippen LogP contribution in [0.4, 0.5) is 0 Å². The van der Waals surface area contributed by atoms with Crippen molar-refractivity contribution in [3.63, 3.8) is 0 Å². The summed E-state index contributed by atoms with van der Waals surface area (Å²) < 4.78 is 5.70. The molecule has 136 valence electrons. The highest BCUT2D eigenvalue weighted by atomic mass is 32.2. The lowest BCUT2D eigenvalue weighted by atomic mass is 10.1. The van der Waals surface area contributed by atoms with E-state index in [4.69, 9.17) is 4.74 Å². The maximum absolute atomic E-state index is 12.2. The molecule has 0 aliphatic rings. The molecule has 1 amide bonds. The first-order valence-electron chi connectivity index (χ1n) is 8.49. The molecule has 0 radical (unpaired) electrons. The van der Waals surface area contributed by atoms with E-state index in [0.717, 1.165) is 16.9 Å². The highest BCUT2D eigenvalue weighted by Gasteiger charge is 2.04. The number of benzene rings is 3. The second kappa shape index (κ2) is 9.59. The standard InChI is InChI=1S/C22H20N2O2S/c1-27-21-13-9-17(10-14-21)15-23-24-22(25)19-11-7-18(8-12-19)16-26-20-5-3-2-4-6-20/h2-15H,16H2,1H3,(H,24,25)/b23-15-. The van der Waals surface area contributed by atoms with Gasteiger partial charge in [-0.1, -0.05) is 42.5 Å². The lowest BCUT2D eigenvalue weighted by Gasteiger charge is -2.06. The van der Waals surface area contributed by atoms with E-state index in [1.165, 1.54) is 4.90 Å². The van der Waals surface area contributed by atoms with Crippen LogP contribution in [0.3, 0.4) is 0 Å². The van der Waals surface area contributed by atoms with Crippen molar-refractivity contribution in [3.8, 4) is 5.75 Å². The molecule has 0 saturated carbocycles. The first kappa shape index (κ1) is 18.7. The number of ether oxygens (including phenoxy) is 1. The summed E-state index contributed by atoms with van der Waals surface area (Å²) in [5.41, 5.74) is 5.02. The molecule has 27 heavy (non-hydrogen) atoms. The van der Waals surface area contributed by atoms with E-state index >= 15 is 0 Å². The van der Waals surface area contributed by atoms with Crippen molar-refractivity contribution in [1.29, 1.82) is 0 Å². The fourth-order valence-corrected chi connectivity index (χ4v) is 2.76. The van der Waals surface area contributed by atoms with Crippen LogP contribution < -0.4 is 10.2 Å². The monoisotopic (exact) mass is 376 g/mol. The summed E-state index contributed by atoms with van der Waals surface area (Å²) in [5.74, 6) is 0.571. The summed E-state index contributed by atoms with van der Waals surface area (Å²) >= 11 is 1.68. The smallest absolute Gasteiger partial charge is 0.271 e. The molecule has 0 aliphatic heterocycles. The minimum Gasteiger partial charge on any atom is -0.489 e. The molecule has 1 N–H and O–H groups in total. The fourth-order valence-electron chi connectivity index (χ4n) is 2.36. The molecule has 0 saturated heterocycles. The van der Waals surface area contributed by atoms with Crippen molar-refractivity contribution in [2.45, 2.75) is 11.5 Å². The Morgan fingerprint density at radius 1 is 1.00 bits per heavy atom. The van der Waals surface area contributed by atoms with Crippen LogP contribution in [0.1, 0.15) is 21.5 Å². The van der Waals surface area contributed by atoms with E-state index in [0.29, 0.717) is 12.2 Å². The van der Waals surface area contributed by atoms with Crippen LogP contribution in [0.25, 0.3) is 0 Å². The van der Waals surface area contributed by atoms with Gasteiger partial charge in [0.05, 0.1) is 6.21 Å². The van der Waals surface area contributed by atoms with Crippen molar-refractivity contribution in [3.05, 3.63) is 95.6 Å². The van der Waals surface area contributed by atoms with Crippen LogP contribution in [0.2, 0.25) is 0 Å². The van der Waals surface area contributed by atoms with Crippen LogP contribution in [-0.2, 0) is 6.61 Å². The molecule has 4 nitrogen and oxygen atoms in total. The van der Waals surface area contributed by atoms with E-state index in [9.17, 15) is 4.79 Å². The second-order valence-electron chi connectivity index (χ2n) is 5.77. The van der Waals surface area contributed by atoms with Crippen molar-refractivity contribution in [1.82, 2.24) is 5.43 Å². The third-order valence-electron chi connectivity index (χ3n) is 3.86. The molecule has 3 rings (SSSR count). The number of carbonyl (C=O) groups excluding carboxylic acids is 1. The lowest BCUT2D eigenvalue weighted by molar-refractivity contribution is 0.0955. The Hall–Kier alpha value is -3.05. The third kappa shape index (κ3) is 5.72. The van der Waals surface area contributed by atoms with E-state index in [2.05, 4.69) is 10.5 Å². The summed E-state index contributed by atoms with van der Waals surface area (Å²) in [6, 6.07) is 24.9. The molecule has 0 aliphatic carbocycles. The fraction of sp³-hybridized carbons (Fsp3) is 0.0909. The maximum Gasteiger partial charge on any atom is 0.271 e.